The maximum atomic E-state index is 12.0. The first-order valence-corrected chi connectivity index (χ1v) is 8.13. The van der Waals surface area contributed by atoms with Crippen molar-refractivity contribution in [3.63, 3.8) is 0 Å². The van der Waals surface area contributed by atoms with Gasteiger partial charge in [0.25, 0.3) is 5.91 Å². The molecular formula is C18H20ClN3O3. The number of hydrogen-bond acceptors (Lipinski definition) is 4. The topological polar surface area (TPSA) is 79.5 Å². The highest BCUT2D eigenvalue weighted by Crippen LogP contribution is 2.21. The molecule has 25 heavy (non-hydrogen) atoms. The summed E-state index contributed by atoms with van der Waals surface area (Å²) in [7, 11) is 1.56. The third-order valence-corrected chi connectivity index (χ3v) is 3.63. The van der Waals surface area contributed by atoms with Crippen LogP contribution in [-0.4, -0.2) is 38.6 Å². The lowest BCUT2D eigenvalue weighted by atomic mass is 10.2. The highest BCUT2D eigenvalue weighted by atomic mass is 35.5. The Bertz CT molecular complexity index is 723. The third kappa shape index (κ3) is 6.10. The predicted octanol–water partition coefficient (Wildman–Crippen LogP) is 2.77. The van der Waals surface area contributed by atoms with E-state index in [1.807, 2.05) is 30.3 Å². The van der Waals surface area contributed by atoms with Gasteiger partial charge in [-0.1, -0.05) is 29.8 Å². The lowest BCUT2D eigenvalue weighted by Gasteiger charge is -2.10. The second-order valence-electron chi connectivity index (χ2n) is 5.21. The van der Waals surface area contributed by atoms with Crippen LogP contribution in [0.5, 0.6) is 0 Å². The standard InChI is InChI=1S/C18H20ClN3O3/c1-25-10-9-20-18(24)15-8-7-14(11-16(15)19)21-12-17(23)22-13-5-3-2-4-6-13/h2-8,11,21H,9-10,12H2,1H3,(H,20,24)(H,22,23). The Morgan fingerprint density at radius 3 is 2.52 bits per heavy atom. The lowest BCUT2D eigenvalue weighted by Crippen LogP contribution is -2.27. The molecule has 0 unspecified atom stereocenters. The summed E-state index contributed by atoms with van der Waals surface area (Å²) in [4.78, 5) is 23.9. The number of halogens is 1. The molecule has 0 atom stereocenters. The average Bonchev–Trinajstić information content (AvgIpc) is 2.61. The van der Waals surface area contributed by atoms with Crippen LogP contribution in [0.2, 0.25) is 5.02 Å². The highest BCUT2D eigenvalue weighted by Gasteiger charge is 2.11. The molecule has 0 aliphatic carbocycles. The fourth-order valence-corrected chi connectivity index (χ4v) is 2.35. The Labute approximate surface area is 151 Å². The predicted molar refractivity (Wildman–Crippen MR) is 99.2 cm³/mol. The Balaban J connectivity index is 1.87. The molecular weight excluding hydrogens is 342 g/mol. The molecule has 2 aromatic rings. The molecule has 0 aliphatic heterocycles. The second-order valence-corrected chi connectivity index (χ2v) is 5.62. The number of ether oxygens (including phenoxy) is 1. The number of anilines is 2. The molecule has 0 bridgehead atoms. The number of rotatable bonds is 8. The maximum Gasteiger partial charge on any atom is 0.252 e. The van der Waals surface area contributed by atoms with Crippen LogP contribution in [0, 0.1) is 0 Å². The Morgan fingerprint density at radius 2 is 1.84 bits per heavy atom. The molecule has 6 nitrogen and oxygen atoms in total. The van der Waals surface area contributed by atoms with Gasteiger partial charge < -0.3 is 20.7 Å². The van der Waals surface area contributed by atoms with Crippen LogP contribution in [0.4, 0.5) is 11.4 Å². The summed E-state index contributed by atoms with van der Waals surface area (Å²) in [6.45, 7) is 0.926. The van der Waals surface area contributed by atoms with E-state index in [1.54, 1.807) is 25.3 Å². The number of amides is 2. The number of carbonyl (C=O) groups excluding carboxylic acids is 2. The van der Waals surface area contributed by atoms with Crippen LogP contribution in [0.25, 0.3) is 0 Å². The normalized spacial score (nSPS) is 10.2. The molecule has 2 rings (SSSR count). The molecule has 2 aromatic carbocycles. The average molecular weight is 362 g/mol. The second kappa shape index (κ2) is 9.66. The van der Waals surface area contributed by atoms with Crippen molar-refractivity contribution in [1.82, 2.24) is 5.32 Å². The number of benzene rings is 2. The van der Waals surface area contributed by atoms with Crippen molar-refractivity contribution in [2.75, 3.05) is 37.4 Å². The van der Waals surface area contributed by atoms with Crippen molar-refractivity contribution in [3.05, 3.63) is 59.1 Å². The minimum absolute atomic E-state index is 0.0879. The van der Waals surface area contributed by atoms with Gasteiger partial charge in [-0.05, 0) is 30.3 Å². The van der Waals surface area contributed by atoms with Gasteiger partial charge in [0.05, 0.1) is 23.7 Å². The Kier molecular flexibility index (Phi) is 7.25. The molecule has 0 saturated heterocycles. The highest BCUT2D eigenvalue weighted by molar-refractivity contribution is 6.34. The van der Waals surface area contributed by atoms with E-state index in [1.165, 1.54) is 0 Å². The zero-order valence-corrected chi connectivity index (χ0v) is 14.6. The Morgan fingerprint density at radius 1 is 1.08 bits per heavy atom. The minimum atomic E-state index is -0.268. The van der Waals surface area contributed by atoms with Crippen molar-refractivity contribution in [2.45, 2.75) is 0 Å². The summed E-state index contributed by atoms with van der Waals surface area (Å²) in [6, 6.07) is 14.1. The summed E-state index contributed by atoms with van der Waals surface area (Å²) in [5.41, 5.74) is 1.76. The van der Waals surface area contributed by atoms with E-state index in [0.717, 1.165) is 5.69 Å². The number of carbonyl (C=O) groups is 2. The molecule has 7 heteroatoms. The van der Waals surface area contributed by atoms with E-state index >= 15 is 0 Å². The molecule has 0 heterocycles. The van der Waals surface area contributed by atoms with Crippen LogP contribution in [0.15, 0.2) is 48.5 Å². The largest absolute Gasteiger partial charge is 0.383 e. The van der Waals surface area contributed by atoms with Gasteiger partial charge in [0.2, 0.25) is 5.91 Å². The first kappa shape index (κ1) is 18.8. The summed E-state index contributed by atoms with van der Waals surface area (Å²) < 4.78 is 4.88. The molecule has 0 saturated carbocycles. The van der Waals surface area contributed by atoms with Gasteiger partial charge >= 0.3 is 0 Å². The van der Waals surface area contributed by atoms with Gasteiger partial charge in [0, 0.05) is 25.0 Å². The molecule has 2 amide bonds. The molecule has 0 aromatic heterocycles. The van der Waals surface area contributed by atoms with Crippen LogP contribution in [-0.2, 0) is 9.53 Å². The SMILES string of the molecule is COCCNC(=O)c1ccc(NCC(=O)Nc2ccccc2)cc1Cl. The fraction of sp³-hybridized carbons (Fsp3) is 0.222. The molecule has 132 valence electrons. The summed E-state index contributed by atoms with van der Waals surface area (Å²) in [6.07, 6.45) is 0. The van der Waals surface area contributed by atoms with E-state index in [4.69, 9.17) is 16.3 Å². The van der Waals surface area contributed by atoms with Gasteiger partial charge in [-0.15, -0.1) is 0 Å². The van der Waals surface area contributed by atoms with Crippen molar-refractivity contribution in [1.29, 1.82) is 0 Å². The molecule has 0 aliphatic rings. The van der Waals surface area contributed by atoms with Crippen molar-refractivity contribution >= 4 is 34.8 Å². The summed E-state index contributed by atoms with van der Waals surface area (Å²) in [5.74, 6) is -0.445. The van der Waals surface area contributed by atoms with E-state index in [9.17, 15) is 9.59 Å². The van der Waals surface area contributed by atoms with E-state index in [0.29, 0.717) is 29.4 Å². The number of para-hydroxylation sites is 1. The number of nitrogens with one attached hydrogen (secondary N) is 3. The van der Waals surface area contributed by atoms with Gasteiger partial charge in [-0.2, -0.15) is 0 Å². The van der Waals surface area contributed by atoms with Crippen LogP contribution < -0.4 is 16.0 Å². The van der Waals surface area contributed by atoms with E-state index in [2.05, 4.69) is 16.0 Å². The van der Waals surface area contributed by atoms with E-state index < -0.39 is 0 Å². The van der Waals surface area contributed by atoms with Crippen molar-refractivity contribution < 1.29 is 14.3 Å². The van der Waals surface area contributed by atoms with Crippen LogP contribution in [0.1, 0.15) is 10.4 Å². The van der Waals surface area contributed by atoms with Gasteiger partial charge in [0.1, 0.15) is 0 Å². The van der Waals surface area contributed by atoms with Gasteiger partial charge in [-0.3, -0.25) is 9.59 Å². The number of hydrogen-bond donors (Lipinski definition) is 3. The molecule has 0 fully saturated rings. The molecule has 0 spiro atoms. The fourth-order valence-electron chi connectivity index (χ4n) is 2.08. The zero-order valence-electron chi connectivity index (χ0n) is 13.8. The molecule has 3 N–H and O–H groups in total. The quantitative estimate of drug-likeness (QED) is 0.632. The summed E-state index contributed by atoms with van der Waals surface area (Å²) >= 11 is 6.15. The van der Waals surface area contributed by atoms with Crippen molar-refractivity contribution in [2.24, 2.45) is 0 Å². The van der Waals surface area contributed by atoms with E-state index in [-0.39, 0.29) is 18.4 Å². The lowest BCUT2D eigenvalue weighted by molar-refractivity contribution is -0.114. The zero-order chi connectivity index (χ0) is 18.1. The van der Waals surface area contributed by atoms with Gasteiger partial charge in [-0.25, -0.2) is 0 Å². The van der Waals surface area contributed by atoms with Crippen LogP contribution in [0.3, 0.4) is 0 Å². The third-order valence-electron chi connectivity index (χ3n) is 3.32. The minimum Gasteiger partial charge on any atom is -0.383 e. The smallest absolute Gasteiger partial charge is 0.252 e. The summed E-state index contributed by atoms with van der Waals surface area (Å²) in [5, 5.41) is 8.76. The Hall–Kier alpha value is -2.57. The first-order valence-electron chi connectivity index (χ1n) is 7.75. The van der Waals surface area contributed by atoms with Crippen LogP contribution >= 0.6 is 11.6 Å². The molecule has 0 radical (unpaired) electrons. The monoisotopic (exact) mass is 361 g/mol. The van der Waals surface area contributed by atoms with Crippen molar-refractivity contribution in [3.8, 4) is 0 Å². The maximum absolute atomic E-state index is 12.0. The number of methoxy groups -OCH3 is 1. The van der Waals surface area contributed by atoms with Gasteiger partial charge in [0.15, 0.2) is 0 Å². The first-order chi connectivity index (χ1) is 12.1.